The molecule has 0 heterocycles. The van der Waals surface area contributed by atoms with Crippen LogP contribution in [-0.2, 0) is 10.9 Å². The largest absolute Gasteiger partial charge is 0.465 e. The Morgan fingerprint density at radius 1 is 0.909 bits per heavy atom. The van der Waals surface area contributed by atoms with Gasteiger partial charge < -0.3 is 9.63 Å². The van der Waals surface area contributed by atoms with Crippen LogP contribution in [0.4, 0.5) is 21.0 Å². The summed E-state index contributed by atoms with van der Waals surface area (Å²) >= 11 is 0. The monoisotopic (exact) mass is 318 g/mol. The summed E-state index contributed by atoms with van der Waals surface area (Å²) in [7, 11) is 1.88. The highest BCUT2D eigenvalue weighted by Gasteiger charge is 2.02. The van der Waals surface area contributed by atoms with Crippen molar-refractivity contribution in [3.8, 4) is 0 Å². The summed E-state index contributed by atoms with van der Waals surface area (Å²) in [4.78, 5) is 21.6. The summed E-state index contributed by atoms with van der Waals surface area (Å²) in [5.41, 5.74) is 3.31. The molecule has 0 saturated heterocycles. The van der Waals surface area contributed by atoms with Gasteiger partial charge in [0.05, 0.1) is 9.47 Å². The predicted octanol–water partition coefficient (Wildman–Crippen LogP) is 3.71. The Bertz CT molecular complexity index is 656. The number of carboxylic acid groups (broad SMARTS) is 1. The second-order valence-corrected chi connectivity index (χ2v) is 4.77. The maximum Gasteiger partial charge on any atom is 0.413 e. The van der Waals surface area contributed by atoms with Crippen LogP contribution in [0, 0.1) is 0 Å². The highest BCUT2D eigenvalue weighted by molar-refractivity contribution is 7.10. The van der Waals surface area contributed by atoms with Crippen molar-refractivity contribution in [1.82, 2.24) is 0 Å². The van der Waals surface area contributed by atoms with E-state index in [2.05, 4.69) is 15.2 Å². The van der Waals surface area contributed by atoms with E-state index < -0.39 is 12.2 Å². The summed E-state index contributed by atoms with van der Waals surface area (Å²) in [6.45, 7) is 0. The minimum absolute atomic E-state index is 0.534. The Labute approximate surface area is 129 Å². The van der Waals surface area contributed by atoms with Crippen molar-refractivity contribution in [2.24, 2.45) is 0 Å². The molecule has 0 bridgehead atoms. The van der Waals surface area contributed by atoms with Gasteiger partial charge in [-0.3, -0.25) is 10.6 Å². The van der Waals surface area contributed by atoms with Crippen molar-refractivity contribution in [1.29, 1.82) is 0 Å². The first-order valence-electron chi connectivity index (χ1n) is 6.42. The van der Waals surface area contributed by atoms with E-state index in [-0.39, 0.29) is 0 Å². The van der Waals surface area contributed by atoms with Crippen molar-refractivity contribution in [2.75, 3.05) is 10.6 Å². The molecular formula is C15H15N2O4P. The topological polar surface area (TPSA) is 87.7 Å². The molecule has 2 rings (SSSR count). The standard InChI is InChI=1S/C15H15N2O4P/c18-14(19)16-12-5-1-10(2-6-12)9-11-3-7-13(8-4-11)17-15(20)21-22/h1-8,16H,9,22H2,(H,17,20)(H,18,19). The molecule has 1 unspecified atom stereocenters. The summed E-state index contributed by atoms with van der Waals surface area (Å²) < 4.78 is 4.44. The Balaban J connectivity index is 1.98. The SMILES string of the molecule is O=C(O)Nc1ccc(Cc2ccc(NC(=O)OP)cc2)cc1. The first-order chi connectivity index (χ1) is 10.6. The van der Waals surface area contributed by atoms with Crippen LogP contribution in [0.2, 0.25) is 0 Å². The van der Waals surface area contributed by atoms with Crippen LogP contribution in [0.1, 0.15) is 11.1 Å². The van der Waals surface area contributed by atoms with Crippen LogP contribution in [-0.4, -0.2) is 17.3 Å². The van der Waals surface area contributed by atoms with Gasteiger partial charge in [0, 0.05) is 11.4 Å². The maximum atomic E-state index is 11.1. The Hall–Kier alpha value is -2.59. The lowest BCUT2D eigenvalue weighted by atomic mass is 10.0. The lowest BCUT2D eigenvalue weighted by molar-refractivity contribution is 0.209. The first-order valence-corrected chi connectivity index (χ1v) is 6.89. The number of hydrogen-bond donors (Lipinski definition) is 3. The van der Waals surface area contributed by atoms with E-state index in [1.807, 2.05) is 33.7 Å². The molecule has 0 aliphatic carbocycles. The van der Waals surface area contributed by atoms with Crippen molar-refractivity contribution >= 4 is 33.0 Å². The fraction of sp³-hybridized carbons (Fsp3) is 0.0667. The van der Waals surface area contributed by atoms with Crippen LogP contribution in [0.3, 0.4) is 0 Å². The summed E-state index contributed by atoms with van der Waals surface area (Å²) in [5.74, 6) is 0. The van der Waals surface area contributed by atoms with E-state index in [4.69, 9.17) is 5.11 Å². The first kappa shape index (κ1) is 15.8. The smallest absolute Gasteiger partial charge is 0.413 e. The molecule has 2 amide bonds. The van der Waals surface area contributed by atoms with Gasteiger partial charge >= 0.3 is 12.2 Å². The molecule has 0 spiro atoms. The molecule has 0 fully saturated rings. The normalized spacial score (nSPS) is 9.86. The number of hydrogen-bond acceptors (Lipinski definition) is 3. The average Bonchev–Trinajstić information content (AvgIpc) is 2.50. The molecule has 6 nitrogen and oxygen atoms in total. The number of benzene rings is 2. The number of carbonyl (C=O) groups is 2. The molecule has 3 N–H and O–H groups in total. The molecule has 2 aromatic rings. The Morgan fingerprint density at radius 3 is 1.77 bits per heavy atom. The fourth-order valence-electron chi connectivity index (χ4n) is 1.92. The van der Waals surface area contributed by atoms with Gasteiger partial charge in [-0.1, -0.05) is 24.3 Å². The molecular weight excluding hydrogens is 303 g/mol. The lowest BCUT2D eigenvalue weighted by Crippen LogP contribution is -2.08. The Morgan fingerprint density at radius 2 is 1.36 bits per heavy atom. The minimum Gasteiger partial charge on any atom is -0.465 e. The van der Waals surface area contributed by atoms with Crippen LogP contribution >= 0.6 is 9.47 Å². The second-order valence-electron chi connectivity index (χ2n) is 4.53. The highest BCUT2D eigenvalue weighted by atomic mass is 31.0. The zero-order valence-corrected chi connectivity index (χ0v) is 12.7. The third kappa shape index (κ3) is 4.75. The molecule has 22 heavy (non-hydrogen) atoms. The summed E-state index contributed by atoms with van der Waals surface area (Å²) in [6, 6.07) is 14.5. The average molecular weight is 318 g/mol. The minimum atomic E-state index is -1.08. The van der Waals surface area contributed by atoms with E-state index >= 15 is 0 Å². The molecule has 0 aromatic heterocycles. The summed E-state index contributed by atoms with van der Waals surface area (Å²) in [6.07, 6.45) is -0.916. The molecule has 0 aliphatic rings. The van der Waals surface area contributed by atoms with E-state index in [0.717, 1.165) is 11.1 Å². The van der Waals surface area contributed by atoms with Crippen molar-refractivity contribution in [3.63, 3.8) is 0 Å². The van der Waals surface area contributed by atoms with Crippen LogP contribution in [0.5, 0.6) is 0 Å². The van der Waals surface area contributed by atoms with Gasteiger partial charge in [-0.15, -0.1) is 0 Å². The van der Waals surface area contributed by atoms with Gasteiger partial charge in [-0.25, -0.2) is 9.59 Å². The Kier molecular flexibility index (Phi) is 5.33. The van der Waals surface area contributed by atoms with Crippen LogP contribution in [0.25, 0.3) is 0 Å². The molecule has 0 saturated carbocycles. The molecule has 114 valence electrons. The van der Waals surface area contributed by atoms with E-state index in [1.165, 1.54) is 0 Å². The zero-order valence-electron chi connectivity index (χ0n) is 11.6. The van der Waals surface area contributed by atoms with Crippen molar-refractivity contribution in [2.45, 2.75) is 6.42 Å². The van der Waals surface area contributed by atoms with Crippen LogP contribution < -0.4 is 10.6 Å². The predicted molar refractivity (Wildman–Crippen MR) is 87.2 cm³/mol. The number of amides is 2. The highest BCUT2D eigenvalue weighted by Crippen LogP contribution is 2.16. The molecule has 2 aromatic carbocycles. The number of carbonyl (C=O) groups excluding carboxylic acids is 1. The number of anilines is 2. The summed E-state index contributed by atoms with van der Waals surface area (Å²) in [5, 5.41) is 13.5. The molecule has 0 aliphatic heterocycles. The second kappa shape index (κ2) is 7.43. The molecule has 1 atom stereocenters. The quantitative estimate of drug-likeness (QED) is 0.750. The third-order valence-electron chi connectivity index (χ3n) is 2.92. The maximum absolute atomic E-state index is 11.1. The third-order valence-corrected chi connectivity index (χ3v) is 3.13. The van der Waals surface area contributed by atoms with Gasteiger partial charge in [0.25, 0.3) is 0 Å². The van der Waals surface area contributed by atoms with E-state index in [0.29, 0.717) is 17.8 Å². The number of rotatable bonds is 4. The number of nitrogens with one attached hydrogen (secondary N) is 2. The van der Waals surface area contributed by atoms with Gasteiger partial charge in [-0.05, 0) is 41.8 Å². The van der Waals surface area contributed by atoms with Gasteiger partial charge in [0.15, 0.2) is 0 Å². The molecule has 0 radical (unpaired) electrons. The zero-order chi connectivity index (χ0) is 15.9. The van der Waals surface area contributed by atoms with Gasteiger partial charge in [-0.2, -0.15) is 0 Å². The lowest BCUT2D eigenvalue weighted by Gasteiger charge is -2.06. The van der Waals surface area contributed by atoms with E-state index in [9.17, 15) is 9.59 Å². The van der Waals surface area contributed by atoms with E-state index in [1.54, 1.807) is 24.3 Å². The van der Waals surface area contributed by atoms with Crippen molar-refractivity contribution in [3.05, 3.63) is 59.7 Å². The van der Waals surface area contributed by atoms with Crippen LogP contribution in [0.15, 0.2) is 48.5 Å². The van der Waals surface area contributed by atoms with Gasteiger partial charge in [0.1, 0.15) is 0 Å². The van der Waals surface area contributed by atoms with Crippen molar-refractivity contribution < 1.29 is 19.2 Å². The molecule has 7 heteroatoms. The fourth-order valence-corrected chi connectivity index (χ4v) is 1.98. The van der Waals surface area contributed by atoms with Gasteiger partial charge in [0.2, 0.25) is 0 Å².